The number of likely N-dealkylation sites (tertiary alicyclic amines) is 1. The number of rotatable bonds is 7. The van der Waals surface area contributed by atoms with E-state index >= 15 is 0 Å². The highest BCUT2D eigenvalue weighted by atomic mass is 16.6. The van der Waals surface area contributed by atoms with Crippen molar-refractivity contribution in [2.24, 2.45) is 0 Å². The molecule has 2 N–H and O–H groups in total. The van der Waals surface area contributed by atoms with Gasteiger partial charge in [-0.05, 0) is 69.4 Å². The Morgan fingerprint density at radius 3 is 2.49 bits per heavy atom. The third kappa shape index (κ3) is 7.02. The number of aromatic nitrogens is 1. The number of amides is 1. The standard InChI is InChI=1S/C32H42N4O5/c1-32(2,3)41-31(39)35-15-12-24(13-16-35)33-25-9-10-27-28(17-25)29(40-4)21-36(30(27)38)20-26(37)19-34-14-11-22-7-5-6-8-23(22)18-34/h5-10,17,21,24,26,33,37H,11-16,18-20H2,1-4H3/t26-/m1/s1. The predicted molar refractivity (Wildman–Crippen MR) is 161 cm³/mol. The molecule has 220 valence electrons. The molecular weight excluding hydrogens is 520 g/mol. The van der Waals surface area contributed by atoms with E-state index in [0.29, 0.717) is 30.8 Å². The number of β-amino-alcohol motifs (C(OH)–C–C–N with tert-alkyl or cyclic N) is 1. The van der Waals surface area contributed by atoms with Crippen LogP contribution in [0.25, 0.3) is 10.8 Å². The molecule has 5 rings (SSSR count). The van der Waals surface area contributed by atoms with Crippen LogP contribution in [0.15, 0.2) is 53.5 Å². The molecule has 0 aliphatic carbocycles. The van der Waals surface area contributed by atoms with Crippen LogP contribution in [0.1, 0.15) is 44.7 Å². The first-order valence-corrected chi connectivity index (χ1v) is 14.5. The summed E-state index contributed by atoms with van der Waals surface area (Å²) in [5.41, 5.74) is 2.91. The Bertz CT molecular complexity index is 1440. The molecule has 3 aromatic rings. The summed E-state index contributed by atoms with van der Waals surface area (Å²) >= 11 is 0. The summed E-state index contributed by atoms with van der Waals surface area (Å²) < 4.78 is 12.7. The van der Waals surface area contributed by atoms with Gasteiger partial charge in [-0.2, -0.15) is 0 Å². The lowest BCUT2D eigenvalue weighted by Gasteiger charge is -2.34. The Labute approximate surface area is 241 Å². The average Bonchev–Trinajstić information content (AvgIpc) is 2.94. The van der Waals surface area contributed by atoms with Gasteiger partial charge in [-0.3, -0.25) is 9.69 Å². The quantitative estimate of drug-likeness (QED) is 0.445. The van der Waals surface area contributed by atoms with Gasteiger partial charge in [-0.25, -0.2) is 4.79 Å². The van der Waals surface area contributed by atoms with E-state index in [9.17, 15) is 14.7 Å². The number of pyridine rings is 1. The average molecular weight is 563 g/mol. The second kappa shape index (κ2) is 12.1. The van der Waals surface area contributed by atoms with Gasteiger partial charge in [0.15, 0.2) is 0 Å². The van der Waals surface area contributed by atoms with Gasteiger partial charge in [-0.15, -0.1) is 0 Å². The fraction of sp³-hybridized carbons (Fsp3) is 0.500. The van der Waals surface area contributed by atoms with Crippen LogP contribution in [0.5, 0.6) is 5.75 Å². The third-order valence-electron chi connectivity index (χ3n) is 7.87. The van der Waals surface area contributed by atoms with E-state index in [1.54, 1.807) is 22.8 Å². The summed E-state index contributed by atoms with van der Waals surface area (Å²) in [5, 5.41) is 15.8. The minimum Gasteiger partial charge on any atom is -0.495 e. The highest BCUT2D eigenvalue weighted by Crippen LogP contribution is 2.28. The maximum absolute atomic E-state index is 13.4. The Hall–Kier alpha value is -3.56. The lowest BCUT2D eigenvalue weighted by Crippen LogP contribution is -2.44. The second-order valence-electron chi connectivity index (χ2n) is 12.2. The molecule has 2 aromatic carbocycles. The van der Waals surface area contributed by atoms with E-state index in [2.05, 4.69) is 34.5 Å². The van der Waals surface area contributed by atoms with Gasteiger partial charge >= 0.3 is 6.09 Å². The van der Waals surface area contributed by atoms with Crippen molar-refractivity contribution < 1.29 is 19.4 Å². The first-order valence-electron chi connectivity index (χ1n) is 14.5. The van der Waals surface area contributed by atoms with Crippen molar-refractivity contribution in [1.29, 1.82) is 0 Å². The zero-order valence-corrected chi connectivity index (χ0v) is 24.6. The number of carbonyl (C=O) groups excluding carboxylic acids is 1. The number of aliphatic hydroxyl groups excluding tert-OH is 1. The van der Waals surface area contributed by atoms with Gasteiger partial charge in [0.2, 0.25) is 0 Å². The number of hydrogen-bond donors (Lipinski definition) is 2. The van der Waals surface area contributed by atoms with Crippen LogP contribution < -0.4 is 15.6 Å². The van der Waals surface area contributed by atoms with Crippen LogP contribution in [0.3, 0.4) is 0 Å². The van der Waals surface area contributed by atoms with Crippen molar-refractivity contribution >= 4 is 22.6 Å². The van der Waals surface area contributed by atoms with Crippen LogP contribution in [-0.4, -0.2) is 76.6 Å². The molecule has 9 nitrogen and oxygen atoms in total. The molecule has 1 atom stereocenters. The summed E-state index contributed by atoms with van der Waals surface area (Å²) in [7, 11) is 1.59. The van der Waals surface area contributed by atoms with E-state index in [4.69, 9.17) is 9.47 Å². The molecule has 0 saturated carbocycles. The number of hydrogen-bond acceptors (Lipinski definition) is 7. The van der Waals surface area contributed by atoms with Crippen LogP contribution in [-0.2, 0) is 24.2 Å². The zero-order chi connectivity index (χ0) is 29.1. The van der Waals surface area contributed by atoms with E-state index in [1.165, 1.54) is 11.1 Å². The molecule has 3 heterocycles. The SMILES string of the molecule is COc1cn(C[C@H](O)CN2CCc3ccccc3C2)c(=O)c2ccc(NC3CCN(C(=O)OC(C)(C)C)CC3)cc12. The van der Waals surface area contributed by atoms with Crippen molar-refractivity contribution in [2.45, 2.75) is 70.9 Å². The largest absolute Gasteiger partial charge is 0.495 e. The van der Waals surface area contributed by atoms with Crippen LogP contribution in [0.2, 0.25) is 0 Å². The predicted octanol–water partition coefficient (Wildman–Crippen LogP) is 4.24. The maximum atomic E-state index is 13.4. The molecule has 1 saturated heterocycles. The number of aliphatic hydroxyl groups is 1. The summed E-state index contributed by atoms with van der Waals surface area (Å²) in [6.07, 6.45) is 3.31. The summed E-state index contributed by atoms with van der Waals surface area (Å²) in [6, 6.07) is 14.3. The number of anilines is 1. The molecule has 0 unspecified atom stereocenters. The summed E-state index contributed by atoms with van der Waals surface area (Å²) in [5.74, 6) is 0.585. The lowest BCUT2D eigenvalue weighted by atomic mass is 10.00. The molecular formula is C32H42N4O5. The second-order valence-corrected chi connectivity index (χ2v) is 12.2. The number of nitrogens with one attached hydrogen (secondary N) is 1. The van der Waals surface area contributed by atoms with Crippen LogP contribution in [0, 0.1) is 0 Å². The maximum Gasteiger partial charge on any atom is 0.410 e. The normalized spacial score (nSPS) is 17.2. The van der Waals surface area contributed by atoms with Gasteiger partial charge < -0.3 is 29.4 Å². The number of carbonyl (C=O) groups is 1. The van der Waals surface area contributed by atoms with E-state index in [1.807, 2.05) is 39.0 Å². The Morgan fingerprint density at radius 1 is 1.05 bits per heavy atom. The molecule has 41 heavy (non-hydrogen) atoms. The van der Waals surface area contributed by atoms with Gasteiger partial charge in [-0.1, -0.05) is 24.3 Å². The summed E-state index contributed by atoms with van der Waals surface area (Å²) in [6.45, 7) is 9.26. The van der Waals surface area contributed by atoms with Crippen molar-refractivity contribution in [1.82, 2.24) is 14.4 Å². The van der Waals surface area contributed by atoms with Crippen molar-refractivity contribution in [3.8, 4) is 5.75 Å². The van der Waals surface area contributed by atoms with Crippen molar-refractivity contribution in [3.63, 3.8) is 0 Å². The number of piperidine rings is 1. The number of ether oxygens (including phenoxy) is 2. The highest BCUT2D eigenvalue weighted by Gasteiger charge is 2.27. The Kier molecular flexibility index (Phi) is 8.56. The monoisotopic (exact) mass is 562 g/mol. The fourth-order valence-electron chi connectivity index (χ4n) is 5.81. The molecule has 1 fully saturated rings. The van der Waals surface area contributed by atoms with Gasteiger partial charge in [0.1, 0.15) is 11.4 Å². The molecule has 1 aromatic heterocycles. The van der Waals surface area contributed by atoms with Crippen LogP contribution >= 0.6 is 0 Å². The number of fused-ring (bicyclic) bond motifs is 2. The number of nitrogens with zero attached hydrogens (tertiary/aromatic N) is 3. The van der Waals surface area contributed by atoms with E-state index in [0.717, 1.165) is 43.4 Å². The minimum absolute atomic E-state index is 0.152. The topological polar surface area (TPSA) is 96.3 Å². The first kappa shape index (κ1) is 29.0. The number of benzene rings is 2. The third-order valence-corrected chi connectivity index (χ3v) is 7.87. The molecule has 2 aliphatic rings. The molecule has 0 spiro atoms. The van der Waals surface area contributed by atoms with Crippen LogP contribution in [0.4, 0.5) is 10.5 Å². The number of methoxy groups -OCH3 is 1. The van der Waals surface area contributed by atoms with E-state index < -0.39 is 11.7 Å². The van der Waals surface area contributed by atoms with Crippen molar-refractivity contribution in [2.75, 3.05) is 38.6 Å². The fourth-order valence-corrected chi connectivity index (χ4v) is 5.81. The Morgan fingerprint density at radius 2 is 1.78 bits per heavy atom. The minimum atomic E-state index is -0.687. The van der Waals surface area contributed by atoms with Gasteiger partial charge in [0.05, 0.1) is 25.1 Å². The highest BCUT2D eigenvalue weighted by molar-refractivity contribution is 5.90. The van der Waals surface area contributed by atoms with Gasteiger partial charge in [0, 0.05) is 56.0 Å². The smallest absolute Gasteiger partial charge is 0.410 e. The van der Waals surface area contributed by atoms with E-state index in [-0.39, 0.29) is 24.2 Å². The molecule has 0 radical (unpaired) electrons. The molecule has 2 aliphatic heterocycles. The molecule has 1 amide bonds. The van der Waals surface area contributed by atoms with Gasteiger partial charge in [0.25, 0.3) is 5.56 Å². The Balaban J connectivity index is 1.23. The molecule has 9 heteroatoms. The zero-order valence-electron chi connectivity index (χ0n) is 24.6. The summed E-state index contributed by atoms with van der Waals surface area (Å²) in [4.78, 5) is 29.8. The van der Waals surface area contributed by atoms with Crippen molar-refractivity contribution in [3.05, 3.63) is 70.1 Å². The lowest BCUT2D eigenvalue weighted by molar-refractivity contribution is 0.0210. The first-order chi connectivity index (χ1) is 19.6. The molecule has 0 bridgehead atoms.